The Morgan fingerprint density at radius 2 is 2.25 bits per heavy atom. The second-order valence-electron chi connectivity index (χ2n) is 4.82. The van der Waals surface area contributed by atoms with E-state index >= 15 is 0 Å². The number of hydrogen-bond acceptors (Lipinski definition) is 2. The third-order valence-corrected chi connectivity index (χ3v) is 4.08. The van der Waals surface area contributed by atoms with Gasteiger partial charge in [0.15, 0.2) is 0 Å². The molecule has 2 aliphatic heterocycles. The Balaban J connectivity index is 1.99. The molecule has 2 heterocycles. The molecule has 2 unspecified atom stereocenters. The molecule has 1 aromatic rings. The Morgan fingerprint density at radius 1 is 1.38 bits per heavy atom. The maximum Gasteiger partial charge on any atom is 0.128 e. The topological polar surface area (TPSA) is 29.3 Å². The molecule has 3 rings (SSSR count). The van der Waals surface area contributed by atoms with Crippen LogP contribution in [0.25, 0.3) is 0 Å². The van der Waals surface area contributed by atoms with Crippen LogP contribution in [0.15, 0.2) is 18.2 Å². The summed E-state index contributed by atoms with van der Waals surface area (Å²) < 4.78 is 13.7. The first-order valence-electron chi connectivity index (χ1n) is 6.05. The molecule has 3 heteroatoms. The molecule has 2 aliphatic rings. The van der Waals surface area contributed by atoms with Gasteiger partial charge in [-0.2, -0.15) is 0 Å². The highest BCUT2D eigenvalue weighted by molar-refractivity contribution is 5.58. The van der Waals surface area contributed by atoms with E-state index in [1.807, 2.05) is 12.1 Å². The molecule has 2 N–H and O–H groups in total. The number of rotatable bonds is 1. The van der Waals surface area contributed by atoms with Gasteiger partial charge in [0.1, 0.15) is 5.82 Å². The minimum absolute atomic E-state index is 0.0489. The molecular weight excluding hydrogens is 203 g/mol. The highest BCUT2D eigenvalue weighted by Gasteiger charge is 2.37. The van der Waals surface area contributed by atoms with Crippen LogP contribution in [0.3, 0.4) is 0 Å². The molecule has 0 aliphatic carbocycles. The quantitative estimate of drug-likeness (QED) is 0.783. The van der Waals surface area contributed by atoms with Crippen molar-refractivity contribution in [3.8, 4) is 0 Å². The lowest BCUT2D eigenvalue weighted by atomic mass is 9.90. The molecule has 2 nitrogen and oxygen atoms in total. The number of anilines is 1. The van der Waals surface area contributed by atoms with E-state index in [0.29, 0.717) is 12.0 Å². The lowest BCUT2D eigenvalue weighted by Gasteiger charge is -2.35. The predicted molar refractivity (Wildman–Crippen MR) is 63.0 cm³/mol. The number of benzene rings is 1. The summed E-state index contributed by atoms with van der Waals surface area (Å²) in [6.07, 6.45) is 3.06. The molecule has 0 radical (unpaired) electrons. The van der Waals surface area contributed by atoms with E-state index in [9.17, 15) is 4.39 Å². The molecule has 0 aromatic heterocycles. The Hall–Kier alpha value is -1.09. The summed E-state index contributed by atoms with van der Waals surface area (Å²) in [7, 11) is 0. The van der Waals surface area contributed by atoms with Gasteiger partial charge in [0.25, 0.3) is 0 Å². The average molecular weight is 220 g/mol. The molecule has 1 aromatic carbocycles. The van der Waals surface area contributed by atoms with Gasteiger partial charge in [0.2, 0.25) is 0 Å². The lowest BCUT2D eigenvalue weighted by Crippen LogP contribution is -2.39. The zero-order valence-corrected chi connectivity index (χ0v) is 9.32. The van der Waals surface area contributed by atoms with Crippen molar-refractivity contribution < 1.29 is 4.39 Å². The van der Waals surface area contributed by atoms with Crippen LogP contribution in [0.2, 0.25) is 0 Å². The van der Waals surface area contributed by atoms with Crippen molar-refractivity contribution in [2.75, 3.05) is 18.0 Å². The molecule has 1 fully saturated rings. The third kappa shape index (κ3) is 1.34. The first-order chi connectivity index (χ1) is 7.81. The maximum absolute atomic E-state index is 13.7. The zero-order valence-electron chi connectivity index (χ0n) is 9.32. The van der Waals surface area contributed by atoms with Gasteiger partial charge in [0, 0.05) is 23.8 Å². The van der Waals surface area contributed by atoms with Gasteiger partial charge in [0.05, 0.1) is 0 Å². The second-order valence-corrected chi connectivity index (χ2v) is 4.82. The van der Waals surface area contributed by atoms with Crippen molar-refractivity contribution in [1.29, 1.82) is 0 Å². The Bertz CT molecular complexity index is 405. The molecule has 0 bridgehead atoms. The zero-order chi connectivity index (χ0) is 11.1. The molecule has 1 saturated heterocycles. The standard InChI is InChI=1S/C13H17FN2/c14-11-2-1-3-13-10(11)4-5-12-9(8-15)6-7-16(12)13/h1-3,9,12H,4-8,15H2. The molecular formula is C13H17FN2. The minimum Gasteiger partial charge on any atom is -0.368 e. The average Bonchev–Trinajstić information content (AvgIpc) is 2.72. The van der Waals surface area contributed by atoms with Crippen molar-refractivity contribution in [2.24, 2.45) is 11.7 Å². The fourth-order valence-corrected chi connectivity index (χ4v) is 3.24. The maximum atomic E-state index is 13.7. The molecule has 0 spiro atoms. The fraction of sp³-hybridized carbons (Fsp3) is 0.538. The Labute approximate surface area is 95.2 Å². The first kappa shape index (κ1) is 10.1. The van der Waals surface area contributed by atoms with Crippen molar-refractivity contribution in [3.63, 3.8) is 0 Å². The molecule has 0 saturated carbocycles. The predicted octanol–water partition coefficient (Wildman–Crippen LogP) is 1.93. The van der Waals surface area contributed by atoms with E-state index in [2.05, 4.69) is 4.90 Å². The van der Waals surface area contributed by atoms with Crippen molar-refractivity contribution in [2.45, 2.75) is 25.3 Å². The van der Waals surface area contributed by atoms with E-state index in [-0.39, 0.29) is 5.82 Å². The number of fused-ring (bicyclic) bond motifs is 3. The lowest BCUT2D eigenvalue weighted by molar-refractivity contribution is 0.440. The van der Waals surface area contributed by atoms with E-state index < -0.39 is 0 Å². The van der Waals surface area contributed by atoms with Crippen LogP contribution in [0.4, 0.5) is 10.1 Å². The van der Waals surface area contributed by atoms with Gasteiger partial charge in [-0.3, -0.25) is 0 Å². The smallest absolute Gasteiger partial charge is 0.128 e. The molecule has 16 heavy (non-hydrogen) atoms. The van der Waals surface area contributed by atoms with Gasteiger partial charge in [-0.05, 0) is 43.9 Å². The van der Waals surface area contributed by atoms with Gasteiger partial charge in [-0.1, -0.05) is 6.07 Å². The van der Waals surface area contributed by atoms with Crippen LogP contribution in [0.5, 0.6) is 0 Å². The third-order valence-electron chi connectivity index (χ3n) is 4.08. The largest absolute Gasteiger partial charge is 0.368 e. The number of nitrogens with zero attached hydrogens (tertiary/aromatic N) is 1. The van der Waals surface area contributed by atoms with Crippen LogP contribution >= 0.6 is 0 Å². The first-order valence-corrected chi connectivity index (χ1v) is 6.05. The highest BCUT2D eigenvalue weighted by atomic mass is 19.1. The van der Waals surface area contributed by atoms with E-state index in [1.165, 1.54) is 0 Å². The van der Waals surface area contributed by atoms with Crippen molar-refractivity contribution >= 4 is 5.69 Å². The van der Waals surface area contributed by atoms with Gasteiger partial charge < -0.3 is 10.6 Å². The van der Waals surface area contributed by atoms with E-state index in [0.717, 1.165) is 43.6 Å². The molecule has 0 amide bonds. The van der Waals surface area contributed by atoms with Crippen molar-refractivity contribution in [3.05, 3.63) is 29.6 Å². The summed E-state index contributed by atoms with van der Waals surface area (Å²) in [5.41, 5.74) is 7.79. The Kier molecular flexibility index (Phi) is 2.36. The summed E-state index contributed by atoms with van der Waals surface area (Å²) in [6, 6.07) is 5.96. The van der Waals surface area contributed by atoms with Crippen LogP contribution in [-0.4, -0.2) is 19.1 Å². The number of hydrogen-bond donors (Lipinski definition) is 1. The van der Waals surface area contributed by atoms with Gasteiger partial charge >= 0.3 is 0 Å². The summed E-state index contributed by atoms with van der Waals surface area (Å²) in [4.78, 5) is 2.36. The SMILES string of the molecule is NCC1CCN2c3cccc(F)c3CCC12. The van der Waals surface area contributed by atoms with Gasteiger partial charge in [-0.15, -0.1) is 0 Å². The van der Waals surface area contributed by atoms with Crippen LogP contribution in [-0.2, 0) is 6.42 Å². The van der Waals surface area contributed by atoms with Crippen LogP contribution in [0, 0.1) is 11.7 Å². The summed E-state index contributed by atoms with van der Waals surface area (Å²) >= 11 is 0. The fourth-order valence-electron chi connectivity index (χ4n) is 3.24. The summed E-state index contributed by atoms with van der Waals surface area (Å²) in [5.74, 6) is 0.545. The second kappa shape index (κ2) is 3.74. The monoisotopic (exact) mass is 220 g/mol. The normalized spacial score (nSPS) is 27.8. The molecule has 86 valence electrons. The Morgan fingerprint density at radius 3 is 3.06 bits per heavy atom. The summed E-state index contributed by atoms with van der Waals surface area (Å²) in [5, 5.41) is 0. The van der Waals surface area contributed by atoms with Crippen molar-refractivity contribution in [1.82, 2.24) is 0 Å². The van der Waals surface area contributed by atoms with Crippen LogP contribution in [0.1, 0.15) is 18.4 Å². The molecule has 2 atom stereocenters. The summed E-state index contributed by atoms with van der Waals surface area (Å²) in [6.45, 7) is 1.79. The van der Waals surface area contributed by atoms with Crippen LogP contribution < -0.4 is 10.6 Å². The van der Waals surface area contributed by atoms with Gasteiger partial charge in [-0.25, -0.2) is 4.39 Å². The minimum atomic E-state index is -0.0489. The number of halogens is 1. The highest BCUT2D eigenvalue weighted by Crippen LogP contribution is 2.39. The number of nitrogens with two attached hydrogens (primary N) is 1. The van der Waals surface area contributed by atoms with E-state index in [1.54, 1.807) is 6.07 Å². The van der Waals surface area contributed by atoms with E-state index in [4.69, 9.17) is 5.73 Å².